The van der Waals surface area contributed by atoms with Crippen LogP contribution in [0.15, 0.2) is 11.2 Å². The number of esters is 1. The van der Waals surface area contributed by atoms with Crippen molar-refractivity contribution in [2.24, 2.45) is 7.05 Å². The third-order valence-corrected chi connectivity index (χ3v) is 3.35. The molecule has 1 unspecified atom stereocenters. The van der Waals surface area contributed by atoms with Crippen molar-refractivity contribution < 1.29 is 13.7 Å². The molecule has 0 spiro atoms. The number of carbonyl (C=O) groups excluding carboxylic acids is 1. The monoisotopic (exact) mass is 245 g/mol. The Balaban J connectivity index is 3.12. The zero-order valence-corrected chi connectivity index (χ0v) is 10.6. The van der Waals surface area contributed by atoms with Crippen LogP contribution in [0.1, 0.15) is 17.3 Å². The lowest BCUT2D eigenvalue weighted by molar-refractivity contribution is 0.0521. The topological polar surface area (TPSA) is 64.4 Å². The van der Waals surface area contributed by atoms with E-state index < -0.39 is 17.0 Å². The summed E-state index contributed by atoms with van der Waals surface area (Å²) in [6.45, 7) is 2.00. The quantitative estimate of drug-likeness (QED) is 0.710. The lowest BCUT2D eigenvalue weighted by Gasteiger charge is -2.10. The van der Waals surface area contributed by atoms with Gasteiger partial charge in [0.15, 0.2) is 5.03 Å². The molecule has 0 N–H and O–H groups in total. The first kappa shape index (κ1) is 12.9. The Morgan fingerprint density at radius 3 is 2.75 bits per heavy atom. The summed E-state index contributed by atoms with van der Waals surface area (Å²) in [5.74, 6) is -0.499. The zero-order chi connectivity index (χ0) is 12.3. The van der Waals surface area contributed by atoms with E-state index in [1.807, 2.05) is 0 Å². The molecule has 1 heterocycles. The number of nitrogens with zero attached hydrogens (tertiary/aromatic N) is 3. The van der Waals surface area contributed by atoms with E-state index >= 15 is 0 Å². The molecule has 0 aliphatic rings. The second-order valence-electron chi connectivity index (χ2n) is 3.27. The third-order valence-electron chi connectivity index (χ3n) is 1.88. The fraction of sp³-hybridized carbons (Fsp3) is 0.556. The van der Waals surface area contributed by atoms with Crippen molar-refractivity contribution in [2.75, 3.05) is 20.7 Å². The van der Waals surface area contributed by atoms with E-state index in [1.54, 1.807) is 28.1 Å². The summed E-state index contributed by atoms with van der Waals surface area (Å²) in [5.41, 5.74) is 0.247. The van der Waals surface area contributed by atoms with Crippen LogP contribution in [0.5, 0.6) is 0 Å². The summed E-state index contributed by atoms with van der Waals surface area (Å²) >= 11 is 0. The highest BCUT2D eigenvalue weighted by Gasteiger charge is 2.23. The van der Waals surface area contributed by atoms with Gasteiger partial charge < -0.3 is 4.74 Å². The Bertz CT molecular complexity index is 414. The van der Waals surface area contributed by atoms with E-state index in [0.717, 1.165) is 0 Å². The van der Waals surface area contributed by atoms with Crippen molar-refractivity contribution in [3.63, 3.8) is 0 Å². The predicted molar refractivity (Wildman–Crippen MR) is 59.3 cm³/mol. The first-order valence-corrected chi connectivity index (χ1v) is 5.88. The summed E-state index contributed by atoms with van der Waals surface area (Å²) in [6, 6.07) is 0. The van der Waals surface area contributed by atoms with Crippen molar-refractivity contribution in [3.8, 4) is 0 Å². The van der Waals surface area contributed by atoms with Gasteiger partial charge in [0, 0.05) is 7.05 Å². The second kappa shape index (κ2) is 5.22. The van der Waals surface area contributed by atoms with Gasteiger partial charge in [0.1, 0.15) is 16.5 Å². The molecule has 6 nitrogen and oxygen atoms in total. The number of hydrogen-bond donors (Lipinski definition) is 0. The highest BCUT2D eigenvalue weighted by molar-refractivity contribution is 7.82. The summed E-state index contributed by atoms with van der Waals surface area (Å²) < 4.78 is 19.7. The SMILES string of the molecule is CCOC(=O)c1cnn(C)c1S(=O)N(C)C. The maximum atomic E-state index is 11.9. The molecule has 0 saturated carbocycles. The molecule has 1 aromatic heterocycles. The van der Waals surface area contributed by atoms with Gasteiger partial charge in [-0.2, -0.15) is 5.10 Å². The molecular formula is C9H15N3O3S. The van der Waals surface area contributed by atoms with Gasteiger partial charge in [-0.1, -0.05) is 0 Å². The largest absolute Gasteiger partial charge is 0.462 e. The molecule has 0 aliphatic heterocycles. The minimum atomic E-state index is -1.42. The van der Waals surface area contributed by atoms with Crippen LogP contribution in [0.2, 0.25) is 0 Å². The Morgan fingerprint density at radius 2 is 2.25 bits per heavy atom. The molecule has 7 heteroatoms. The highest BCUT2D eigenvalue weighted by atomic mass is 32.2. The number of ether oxygens (including phenoxy) is 1. The van der Waals surface area contributed by atoms with Gasteiger partial charge in [-0.15, -0.1) is 0 Å². The molecule has 0 aliphatic carbocycles. The molecule has 0 fully saturated rings. The number of aryl methyl sites for hydroxylation is 1. The standard InChI is InChI=1S/C9H15N3O3S/c1-5-15-9(13)7-6-10-12(4)8(7)16(14)11(2)3/h6H,5H2,1-4H3. The Morgan fingerprint density at radius 1 is 1.62 bits per heavy atom. The van der Waals surface area contributed by atoms with Crippen molar-refractivity contribution in [2.45, 2.75) is 11.9 Å². The molecule has 1 rings (SSSR count). The van der Waals surface area contributed by atoms with E-state index in [4.69, 9.17) is 4.74 Å². The molecule has 1 atom stereocenters. The predicted octanol–water partition coefficient (Wildman–Crippen LogP) is 0.181. The molecular weight excluding hydrogens is 230 g/mol. The molecule has 0 amide bonds. The van der Waals surface area contributed by atoms with Gasteiger partial charge in [0.05, 0.1) is 12.8 Å². The molecule has 0 aromatic carbocycles. The number of rotatable bonds is 4. The van der Waals surface area contributed by atoms with Crippen LogP contribution in [0.25, 0.3) is 0 Å². The maximum Gasteiger partial charge on any atom is 0.342 e. The van der Waals surface area contributed by atoms with E-state index in [1.165, 1.54) is 15.2 Å². The van der Waals surface area contributed by atoms with Gasteiger partial charge >= 0.3 is 5.97 Å². The fourth-order valence-corrected chi connectivity index (χ4v) is 2.10. The van der Waals surface area contributed by atoms with Crippen molar-refractivity contribution >= 4 is 17.0 Å². The smallest absolute Gasteiger partial charge is 0.342 e. The second-order valence-corrected chi connectivity index (χ2v) is 4.88. The minimum Gasteiger partial charge on any atom is -0.462 e. The van der Waals surface area contributed by atoms with E-state index in [-0.39, 0.29) is 12.2 Å². The minimum absolute atomic E-state index is 0.247. The van der Waals surface area contributed by atoms with Gasteiger partial charge in [-0.05, 0) is 21.0 Å². The Labute approximate surface area is 96.8 Å². The fourth-order valence-electron chi connectivity index (χ4n) is 1.16. The Kier molecular flexibility index (Phi) is 4.19. The lowest BCUT2D eigenvalue weighted by Crippen LogP contribution is -2.20. The van der Waals surface area contributed by atoms with E-state index in [0.29, 0.717) is 5.03 Å². The molecule has 0 saturated heterocycles. The molecule has 0 radical (unpaired) electrons. The van der Waals surface area contributed by atoms with Crippen molar-refractivity contribution in [1.29, 1.82) is 0 Å². The summed E-state index contributed by atoms with van der Waals surface area (Å²) in [7, 11) is 3.55. The van der Waals surface area contributed by atoms with Crippen LogP contribution in [0, 0.1) is 0 Å². The Hall–Kier alpha value is -1.21. The first-order valence-electron chi connectivity index (χ1n) is 4.77. The highest BCUT2D eigenvalue weighted by Crippen LogP contribution is 2.15. The number of aromatic nitrogens is 2. The summed E-state index contributed by atoms with van der Waals surface area (Å²) in [5, 5.41) is 4.27. The van der Waals surface area contributed by atoms with Crippen molar-refractivity contribution in [3.05, 3.63) is 11.8 Å². The van der Waals surface area contributed by atoms with E-state index in [9.17, 15) is 9.00 Å². The molecule has 90 valence electrons. The van der Waals surface area contributed by atoms with Crippen LogP contribution in [-0.2, 0) is 22.8 Å². The first-order chi connectivity index (χ1) is 7.49. The van der Waals surface area contributed by atoms with Gasteiger partial charge in [0.25, 0.3) is 0 Å². The molecule has 0 bridgehead atoms. The van der Waals surface area contributed by atoms with Crippen molar-refractivity contribution in [1.82, 2.24) is 14.1 Å². The number of carbonyl (C=O) groups is 1. The van der Waals surface area contributed by atoms with Crippen LogP contribution in [0.3, 0.4) is 0 Å². The number of hydrogen-bond acceptors (Lipinski definition) is 4. The van der Waals surface area contributed by atoms with Gasteiger partial charge in [-0.25, -0.2) is 13.3 Å². The van der Waals surface area contributed by atoms with Crippen LogP contribution in [0.4, 0.5) is 0 Å². The lowest BCUT2D eigenvalue weighted by atomic mass is 10.4. The van der Waals surface area contributed by atoms with Crippen LogP contribution < -0.4 is 0 Å². The molecule has 1 aromatic rings. The maximum absolute atomic E-state index is 11.9. The summed E-state index contributed by atoms with van der Waals surface area (Å²) in [6.07, 6.45) is 1.37. The summed E-state index contributed by atoms with van der Waals surface area (Å²) in [4.78, 5) is 11.6. The van der Waals surface area contributed by atoms with Crippen LogP contribution >= 0.6 is 0 Å². The normalized spacial score (nSPS) is 12.8. The van der Waals surface area contributed by atoms with E-state index in [2.05, 4.69) is 5.10 Å². The van der Waals surface area contributed by atoms with Gasteiger partial charge in [0.2, 0.25) is 0 Å². The zero-order valence-electron chi connectivity index (χ0n) is 9.76. The van der Waals surface area contributed by atoms with Gasteiger partial charge in [-0.3, -0.25) is 4.68 Å². The average Bonchev–Trinajstić information content (AvgIpc) is 2.59. The third kappa shape index (κ3) is 2.48. The average molecular weight is 245 g/mol. The van der Waals surface area contributed by atoms with Crippen LogP contribution in [-0.4, -0.2) is 45.0 Å². The molecule has 16 heavy (non-hydrogen) atoms.